The Morgan fingerprint density at radius 2 is 0.704 bits per heavy atom. The van der Waals surface area contributed by atoms with E-state index in [0.717, 1.165) is 11.8 Å². The molecule has 0 nitrogen and oxygen atoms in total. The first-order chi connectivity index (χ1) is 9.53. The first-order valence-corrected chi connectivity index (χ1v) is 9.53. The molecule has 27 heavy (non-hydrogen) atoms. The Kier molecular flexibility index (Phi) is 148. The maximum absolute atomic E-state index is 2.31. The van der Waals surface area contributed by atoms with E-state index in [1.165, 1.54) is 64.2 Å². The third-order valence-electron chi connectivity index (χ3n) is 4.08. The zero-order chi connectivity index (χ0) is 16.2. The van der Waals surface area contributed by atoms with Crippen LogP contribution >= 0.6 is 0 Å². The predicted octanol–water partition coefficient (Wildman–Crippen LogP) is 12.7. The fourth-order valence-electron chi connectivity index (χ4n) is 1.66. The Labute approximate surface area is 183 Å². The molecule has 0 aliphatic rings. The Hall–Kier alpha value is 0. The summed E-state index contributed by atoms with van der Waals surface area (Å²) < 4.78 is 0. The smallest absolute Gasteiger partial charge is 0.0446 e. The second-order valence-corrected chi connectivity index (χ2v) is 6.28. The molecule has 0 aliphatic heterocycles. The van der Waals surface area contributed by atoms with Crippen molar-refractivity contribution >= 4 is 0 Å². The molecule has 0 saturated carbocycles. The predicted molar refractivity (Wildman–Crippen MR) is 146 cm³/mol. The largest absolute Gasteiger partial charge is 0.0776 e. The number of hydrogen-bond donors (Lipinski definition) is 0. The van der Waals surface area contributed by atoms with Crippen LogP contribution in [0.2, 0.25) is 0 Å². The maximum Gasteiger partial charge on any atom is -0.0446 e. The van der Waals surface area contributed by atoms with Crippen LogP contribution in [0.15, 0.2) is 0 Å². The highest BCUT2D eigenvalue weighted by Gasteiger charge is 1.92. The van der Waals surface area contributed by atoms with Gasteiger partial charge in [0.1, 0.15) is 0 Å². The summed E-state index contributed by atoms with van der Waals surface area (Å²) in [7, 11) is 0. The Balaban J connectivity index is -0.0000000178. The molecular weight excluding hydrogens is 324 g/mol. The second-order valence-electron chi connectivity index (χ2n) is 6.28. The molecule has 0 spiro atoms. The molecule has 0 fully saturated rings. The Morgan fingerprint density at radius 1 is 0.407 bits per heavy atom. The van der Waals surface area contributed by atoms with Gasteiger partial charge in [-0.25, -0.2) is 0 Å². The average Bonchev–Trinajstić information content (AvgIpc) is 2.48. The van der Waals surface area contributed by atoms with Crippen LogP contribution in [0.3, 0.4) is 0 Å². The highest BCUT2D eigenvalue weighted by atomic mass is 14.0. The highest BCUT2D eigenvalue weighted by molar-refractivity contribution is 4.45. The van der Waals surface area contributed by atoms with E-state index in [4.69, 9.17) is 0 Å². The molecule has 0 heterocycles. The summed E-state index contributed by atoms with van der Waals surface area (Å²) in [5.41, 5.74) is 0. The van der Waals surface area contributed by atoms with Gasteiger partial charge in [0.2, 0.25) is 0 Å². The molecule has 0 aliphatic carbocycles. The lowest BCUT2D eigenvalue weighted by atomic mass is 10.0. The topological polar surface area (TPSA) is 0 Å². The van der Waals surface area contributed by atoms with Crippen LogP contribution in [-0.2, 0) is 0 Å². The lowest BCUT2D eigenvalue weighted by Crippen LogP contribution is -1.88. The van der Waals surface area contributed by atoms with Crippen LogP contribution in [0.25, 0.3) is 0 Å². The van der Waals surface area contributed by atoms with Gasteiger partial charge < -0.3 is 0 Å². The van der Waals surface area contributed by atoms with Crippen LogP contribution < -0.4 is 0 Å². The van der Waals surface area contributed by atoms with Crippen molar-refractivity contribution in [1.29, 1.82) is 0 Å². The first kappa shape index (κ1) is 63.2. The quantitative estimate of drug-likeness (QED) is 0.338. The molecule has 0 bridgehead atoms. The van der Waals surface area contributed by atoms with Gasteiger partial charge in [-0.15, -0.1) is 0 Å². The van der Waals surface area contributed by atoms with Crippen LogP contribution in [-0.4, -0.2) is 0 Å². The van der Waals surface area contributed by atoms with Crippen molar-refractivity contribution < 1.29 is 0 Å². The molecule has 1 atom stereocenters. The lowest BCUT2D eigenvalue weighted by Gasteiger charge is -2.02. The summed E-state index contributed by atoms with van der Waals surface area (Å²) >= 11 is 0. The molecule has 1 unspecified atom stereocenters. The van der Waals surface area contributed by atoms with Gasteiger partial charge >= 0.3 is 0 Å². The monoisotopic (exact) mass is 399 g/mol. The van der Waals surface area contributed by atoms with Gasteiger partial charge in [0.05, 0.1) is 0 Å². The van der Waals surface area contributed by atoms with Crippen molar-refractivity contribution in [3.8, 4) is 0 Å². The average molecular weight is 399 g/mol. The van der Waals surface area contributed by atoms with Crippen molar-refractivity contribution in [3.05, 3.63) is 0 Å². The first-order valence-electron chi connectivity index (χ1n) is 9.53. The summed E-state index contributed by atoms with van der Waals surface area (Å²) in [6, 6.07) is 0. The SMILES string of the molecule is C.C.C.C.C.C.C.CCC(C)CC.CCCC(C)CC.CCCCCCC. The van der Waals surface area contributed by atoms with Gasteiger partial charge in [0.15, 0.2) is 0 Å². The number of rotatable bonds is 9. The molecule has 0 radical (unpaired) electrons. The molecule has 0 heteroatoms. The van der Waals surface area contributed by atoms with Crippen LogP contribution in [0.5, 0.6) is 0 Å². The maximum atomic E-state index is 2.31. The van der Waals surface area contributed by atoms with Crippen molar-refractivity contribution in [2.45, 2.75) is 172 Å². The van der Waals surface area contributed by atoms with Crippen molar-refractivity contribution in [1.82, 2.24) is 0 Å². The molecule has 0 aromatic heterocycles. The van der Waals surface area contributed by atoms with Gasteiger partial charge in [-0.3, -0.25) is 0 Å². The van der Waals surface area contributed by atoms with Gasteiger partial charge in [-0.05, 0) is 11.8 Å². The van der Waals surface area contributed by atoms with Crippen molar-refractivity contribution in [2.75, 3.05) is 0 Å². The molecule has 0 N–H and O–H groups in total. The Morgan fingerprint density at radius 3 is 0.815 bits per heavy atom. The summed E-state index contributed by atoms with van der Waals surface area (Å²) in [6.45, 7) is 18.0. The van der Waals surface area contributed by atoms with Crippen LogP contribution in [0, 0.1) is 11.8 Å². The molecule has 0 amide bonds. The molecule has 182 valence electrons. The minimum Gasteiger partial charge on any atom is -0.0776 e. The summed E-state index contributed by atoms with van der Waals surface area (Å²) in [4.78, 5) is 0. The van der Waals surface area contributed by atoms with E-state index in [1.807, 2.05) is 0 Å². The molecule has 0 aromatic carbocycles. The molecule has 0 aromatic rings. The van der Waals surface area contributed by atoms with E-state index in [0.29, 0.717) is 0 Å². The molecule has 0 rings (SSSR count). The van der Waals surface area contributed by atoms with Gasteiger partial charge in [-0.2, -0.15) is 0 Å². The van der Waals surface area contributed by atoms with Gasteiger partial charge in [0.25, 0.3) is 0 Å². The zero-order valence-electron chi connectivity index (χ0n) is 16.2. The molecule has 0 saturated heterocycles. The Bertz CT molecular complexity index is 120. The number of hydrogen-bond acceptors (Lipinski definition) is 0. The van der Waals surface area contributed by atoms with E-state index in [2.05, 4.69) is 55.4 Å². The zero-order valence-corrected chi connectivity index (χ0v) is 16.2. The minimum absolute atomic E-state index is 0. The van der Waals surface area contributed by atoms with E-state index in [9.17, 15) is 0 Å². The van der Waals surface area contributed by atoms with Crippen LogP contribution in [0.1, 0.15) is 172 Å². The summed E-state index contributed by atoms with van der Waals surface area (Å²) in [5.74, 6) is 1.88. The van der Waals surface area contributed by atoms with Crippen molar-refractivity contribution in [3.63, 3.8) is 0 Å². The molecular formula is C27H74. The van der Waals surface area contributed by atoms with Crippen LogP contribution in [0.4, 0.5) is 0 Å². The lowest BCUT2D eigenvalue weighted by molar-refractivity contribution is 0.509. The standard InChI is InChI=1S/2C7H16.C6H14.7CH4/c1-4-6-7(3)5-2;1-3-5-7-6-4-2;1-4-6(3)5-2;;;;;;;/h7H,4-6H2,1-3H3;3-7H2,1-2H3;6H,4-5H2,1-3H3;7*1H4. The number of unbranched alkanes of at least 4 members (excludes halogenated alkanes) is 4. The summed E-state index contributed by atoms with van der Waals surface area (Å²) in [6.07, 6.45) is 13.8. The normalized spacial score (nSPS) is 8.33. The fourth-order valence-corrected chi connectivity index (χ4v) is 1.66. The fraction of sp³-hybridized carbons (Fsp3) is 1.00. The highest BCUT2D eigenvalue weighted by Crippen LogP contribution is 2.07. The minimum atomic E-state index is 0. The van der Waals surface area contributed by atoms with E-state index < -0.39 is 0 Å². The summed E-state index contributed by atoms with van der Waals surface area (Å²) in [5, 5.41) is 0. The van der Waals surface area contributed by atoms with E-state index >= 15 is 0 Å². The second kappa shape index (κ2) is 63.5. The third-order valence-corrected chi connectivity index (χ3v) is 4.08. The third kappa shape index (κ3) is 88.6. The van der Waals surface area contributed by atoms with Crippen molar-refractivity contribution in [2.24, 2.45) is 11.8 Å². The van der Waals surface area contributed by atoms with Gasteiger partial charge in [0, 0.05) is 0 Å². The van der Waals surface area contributed by atoms with E-state index in [-0.39, 0.29) is 52.0 Å². The van der Waals surface area contributed by atoms with Gasteiger partial charge in [-0.1, -0.05) is 172 Å². The van der Waals surface area contributed by atoms with E-state index in [1.54, 1.807) is 0 Å².